The van der Waals surface area contributed by atoms with E-state index in [1.165, 1.54) is 6.92 Å². The van der Waals surface area contributed by atoms with Crippen LogP contribution in [0.1, 0.15) is 32.4 Å². The van der Waals surface area contributed by atoms with E-state index in [1.807, 2.05) is 0 Å². The van der Waals surface area contributed by atoms with Gasteiger partial charge >= 0.3 is 0 Å². The molecule has 1 atom stereocenters. The molecule has 2 amide bonds. The molecule has 21 heavy (non-hydrogen) atoms. The van der Waals surface area contributed by atoms with E-state index in [0.29, 0.717) is 15.6 Å². The molecule has 0 fully saturated rings. The van der Waals surface area contributed by atoms with Gasteiger partial charge in [0.25, 0.3) is 0 Å². The summed E-state index contributed by atoms with van der Waals surface area (Å²) in [4.78, 5) is 23.0. The lowest BCUT2D eigenvalue weighted by Gasteiger charge is -2.25. The highest BCUT2D eigenvalue weighted by Gasteiger charge is 2.29. The molecule has 0 saturated heterocycles. The van der Waals surface area contributed by atoms with E-state index in [0.717, 1.165) is 0 Å². The molecule has 5 nitrogen and oxygen atoms in total. The highest BCUT2D eigenvalue weighted by Crippen LogP contribution is 2.29. The lowest BCUT2D eigenvalue weighted by molar-refractivity contribution is -0.131. The first kappa shape index (κ1) is 17.8. The van der Waals surface area contributed by atoms with Gasteiger partial charge in [-0.25, -0.2) is 0 Å². The second-order valence-corrected chi connectivity index (χ2v) is 5.98. The molecule has 0 spiro atoms. The Morgan fingerprint density at radius 3 is 2.29 bits per heavy atom. The summed E-state index contributed by atoms with van der Waals surface area (Å²) in [5.74, 6) is -0.732. The Hall–Kier alpha value is -1.30. The third-order valence-corrected chi connectivity index (χ3v) is 3.50. The van der Waals surface area contributed by atoms with Crippen molar-refractivity contribution < 1.29 is 14.7 Å². The molecule has 0 aliphatic heterocycles. The van der Waals surface area contributed by atoms with Gasteiger partial charge in [-0.3, -0.25) is 9.59 Å². The molecule has 7 heteroatoms. The zero-order valence-corrected chi connectivity index (χ0v) is 13.5. The first-order valence-electron chi connectivity index (χ1n) is 6.34. The Kier molecular flexibility index (Phi) is 6.01. The first-order valence-corrected chi connectivity index (χ1v) is 7.09. The minimum absolute atomic E-state index is 0.0642. The minimum Gasteiger partial charge on any atom is -0.386 e. The van der Waals surface area contributed by atoms with Gasteiger partial charge < -0.3 is 15.7 Å². The van der Waals surface area contributed by atoms with Crippen molar-refractivity contribution in [3.63, 3.8) is 0 Å². The number of amides is 2. The van der Waals surface area contributed by atoms with Gasteiger partial charge in [-0.05, 0) is 26.0 Å². The molecule has 0 radical (unpaired) electrons. The number of carbonyl (C=O) groups excluding carboxylic acids is 2. The predicted molar refractivity (Wildman–Crippen MR) is 82.3 cm³/mol. The van der Waals surface area contributed by atoms with Gasteiger partial charge in [-0.15, -0.1) is 0 Å². The Morgan fingerprint density at radius 1 is 1.29 bits per heavy atom. The number of carbonyl (C=O) groups is 2. The highest BCUT2D eigenvalue weighted by molar-refractivity contribution is 6.36. The number of aliphatic hydroxyl groups excluding tert-OH is 1. The smallest absolute Gasteiger partial charge is 0.245 e. The van der Waals surface area contributed by atoms with Gasteiger partial charge in [0.15, 0.2) is 0 Å². The van der Waals surface area contributed by atoms with E-state index in [-0.39, 0.29) is 12.5 Å². The summed E-state index contributed by atoms with van der Waals surface area (Å²) in [7, 11) is 0. The predicted octanol–water partition coefficient (Wildman–Crippen LogP) is 2.06. The minimum atomic E-state index is -1.07. The summed E-state index contributed by atoms with van der Waals surface area (Å²) in [6.07, 6.45) is -1.04. The molecular weight excluding hydrogens is 315 g/mol. The van der Waals surface area contributed by atoms with Crippen LogP contribution in [-0.2, 0) is 9.59 Å². The molecule has 0 aliphatic rings. The van der Waals surface area contributed by atoms with Gasteiger partial charge in [0, 0.05) is 29.1 Å². The van der Waals surface area contributed by atoms with Crippen LogP contribution in [0.2, 0.25) is 10.0 Å². The molecule has 0 saturated carbocycles. The highest BCUT2D eigenvalue weighted by atomic mass is 35.5. The van der Waals surface area contributed by atoms with E-state index in [4.69, 9.17) is 23.2 Å². The lowest BCUT2D eigenvalue weighted by Crippen LogP contribution is -2.54. The third kappa shape index (κ3) is 4.88. The molecule has 116 valence electrons. The molecule has 3 N–H and O–H groups in total. The summed E-state index contributed by atoms with van der Waals surface area (Å²) >= 11 is 12.0. The maximum absolute atomic E-state index is 12.0. The van der Waals surface area contributed by atoms with E-state index in [1.54, 1.807) is 32.0 Å². The van der Waals surface area contributed by atoms with Gasteiger partial charge in [-0.2, -0.15) is 0 Å². The molecule has 0 heterocycles. The number of hydrogen-bond donors (Lipinski definition) is 3. The number of halogens is 2. The maximum atomic E-state index is 12.0. The monoisotopic (exact) mass is 332 g/mol. The van der Waals surface area contributed by atoms with Crippen molar-refractivity contribution in [3.8, 4) is 0 Å². The van der Waals surface area contributed by atoms with E-state index in [9.17, 15) is 14.7 Å². The van der Waals surface area contributed by atoms with Crippen molar-refractivity contribution in [2.75, 3.05) is 6.54 Å². The molecule has 1 rings (SSSR count). The Morgan fingerprint density at radius 2 is 1.81 bits per heavy atom. The lowest BCUT2D eigenvalue weighted by atomic mass is 10.0. The largest absolute Gasteiger partial charge is 0.386 e. The number of rotatable bonds is 5. The first-order chi connectivity index (χ1) is 9.65. The average Bonchev–Trinajstić information content (AvgIpc) is 2.34. The van der Waals surface area contributed by atoms with Crippen molar-refractivity contribution in [2.24, 2.45) is 0 Å². The van der Waals surface area contributed by atoms with Crippen LogP contribution >= 0.6 is 23.2 Å². The fraction of sp³-hybridized carbons (Fsp3) is 0.429. The van der Waals surface area contributed by atoms with E-state index in [2.05, 4.69) is 10.6 Å². The number of nitrogens with one attached hydrogen (secondary N) is 2. The third-order valence-electron chi connectivity index (χ3n) is 2.85. The van der Waals surface area contributed by atoms with Crippen molar-refractivity contribution in [1.82, 2.24) is 10.6 Å². The summed E-state index contributed by atoms with van der Waals surface area (Å²) in [6, 6.07) is 4.88. The fourth-order valence-electron chi connectivity index (χ4n) is 1.84. The van der Waals surface area contributed by atoms with E-state index >= 15 is 0 Å². The zero-order chi connectivity index (χ0) is 16.2. The Bertz CT molecular complexity index is 527. The molecule has 0 aromatic heterocycles. The van der Waals surface area contributed by atoms with E-state index < -0.39 is 17.6 Å². The molecule has 1 aromatic carbocycles. The van der Waals surface area contributed by atoms with Gasteiger partial charge in [0.2, 0.25) is 11.8 Å². The summed E-state index contributed by atoms with van der Waals surface area (Å²) in [5, 5.41) is 15.8. The van der Waals surface area contributed by atoms with Crippen molar-refractivity contribution in [3.05, 3.63) is 33.8 Å². The van der Waals surface area contributed by atoms with Crippen LogP contribution < -0.4 is 10.6 Å². The quantitative estimate of drug-likeness (QED) is 0.772. The Labute approximate surface area is 133 Å². The number of aliphatic hydroxyl groups is 1. The second kappa shape index (κ2) is 7.11. The second-order valence-electron chi connectivity index (χ2n) is 5.17. The molecule has 0 bridgehead atoms. The summed E-state index contributed by atoms with van der Waals surface area (Å²) in [6.45, 7) is 4.40. The van der Waals surface area contributed by atoms with Crippen LogP contribution in [0.15, 0.2) is 18.2 Å². The maximum Gasteiger partial charge on any atom is 0.245 e. The standard InChI is InChI=1S/C14H18Cl2N2O3/c1-8(19)18-14(2,3)13(21)17-7-11(20)12-9(15)5-4-6-10(12)16/h4-6,11,20H,7H2,1-3H3,(H,17,21)(H,18,19). The SMILES string of the molecule is CC(=O)NC(C)(C)C(=O)NCC(O)c1c(Cl)cccc1Cl. The zero-order valence-electron chi connectivity index (χ0n) is 12.0. The van der Waals surface area contributed by atoms with Gasteiger partial charge in [-0.1, -0.05) is 29.3 Å². The van der Waals surface area contributed by atoms with Gasteiger partial charge in [0.05, 0.1) is 6.10 Å². The molecule has 0 aliphatic carbocycles. The van der Waals surface area contributed by atoms with Crippen LogP contribution in [0.5, 0.6) is 0 Å². The van der Waals surface area contributed by atoms with Crippen molar-refractivity contribution >= 4 is 35.0 Å². The average molecular weight is 333 g/mol. The van der Waals surface area contributed by atoms with Crippen LogP contribution in [0, 0.1) is 0 Å². The molecule has 1 unspecified atom stereocenters. The van der Waals surface area contributed by atoms with Crippen LogP contribution in [-0.4, -0.2) is 29.0 Å². The topological polar surface area (TPSA) is 78.4 Å². The molecule has 1 aromatic rings. The molecular formula is C14H18Cl2N2O3. The normalized spacial score (nSPS) is 12.7. The summed E-state index contributed by atoms with van der Waals surface area (Å²) < 4.78 is 0. The number of hydrogen-bond acceptors (Lipinski definition) is 3. The number of benzene rings is 1. The summed E-state index contributed by atoms with van der Waals surface area (Å²) in [5.41, 5.74) is -0.714. The van der Waals surface area contributed by atoms with Crippen molar-refractivity contribution in [2.45, 2.75) is 32.4 Å². The Balaban J connectivity index is 2.71. The van der Waals surface area contributed by atoms with Gasteiger partial charge in [0.1, 0.15) is 5.54 Å². The van der Waals surface area contributed by atoms with Crippen LogP contribution in [0.25, 0.3) is 0 Å². The fourth-order valence-corrected chi connectivity index (χ4v) is 2.49. The van der Waals surface area contributed by atoms with Crippen LogP contribution in [0.3, 0.4) is 0 Å². The van der Waals surface area contributed by atoms with Crippen molar-refractivity contribution in [1.29, 1.82) is 0 Å². The van der Waals surface area contributed by atoms with Crippen LogP contribution in [0.4, 0.5) is 0 Å².